The van der Waals surface area contributed by atoms with Crippen LogP contribution in [0.15, 0.2) is 18.2 Å². The van der Waals surface area contributed by atoms with E-state index in [4.69, 9.17) is 5.26 Å². The second-order valence-electron chi connectivity index (χ2n) is 2.86. The second-order valence-corrected chi connectivity index (χ2v) is 4.01. The number of hydrogen-bond acceptors (Lipinski definition) is 3. The van der Waals surface area contributed by atoms with Gasteiger partial charge in [0.1, 0.15) is 17.4 Å². The van der Waals surface area contributed by atoms with Gasteiger partial charge in [-0.2, -0.15) is 5.26 Å². The molecule has 1 aromatic carbocycles. The highest BCUT2D eigenvalue weighted by molar-refractivity contribution is 8.13. The van der Waals surface area contributed by atoms with E-state index in [-0.39, 0.29) is 10.7 Å². The third-order valence-corrected chi connectivity index (χ3v) is 2.39. The lowest BCUT2D eigenvalue weighted by Gasteiger charge is -1.95. The molecule has 2 nitrogen and oxygen atoms in total. The van der Waals surface area contributed by atoms with Crippen LogP contribution < -0.4 is 0 Å². The van der Waals surface area contributed by atoms with E-state index in [2.05, 4.69) is 11.8 Å². The van der Waals surface area contributed by atoms with Crippen molar-refractivity contribution in [2.75, 3.05) is 5.75 Å². The van der Waals surface area contributed by atoms with Crippen molar-refractivity contribution in [2.24, 2.45) is 0 Å². The quantitative estimate of drug-likeness (QED) is 0.699. The van der Waals surface area contributed by atoms with Crippen molar-refractivity contribution in [1.29, 1.82) is 5.26 Å². The molecule has 0 atom stereocenters. The summed E-state index contributed by atoms with van der Waals surface area (Å²) >= 11 is 1.08. The molecule has 0 amide bonds. The lowest BCUT2D eigenvalue weighted by molar-refractivity contribution is -0.109. The van der Waals surface area contributed by atoms with Crippen molar-refractivity contribution < 1.29 is 9.18 Å². The van der Waals surface area contributed by atoms with Crippen LogP contribution in [0.25, 0.3) is 0 Å². The van der Waals surface area contributed by atoms with Crippen LogP contribution in [-0.2, 0) is 4.79 Å². The zero-order valence-corrected chi connectivity index (χ0v) is 9.40. The molecule has 0 unspecified atom stereocenters. The summed E-state index contributed by atoms with van der Waals surface area (Å²) in [5, 5.41) is 8.71. The predicted molar refractivity (Wildman–Crippen MR) is 61.1 cm³/mol. The van der Waals surface area contributed by atoms with Gasteiger partial charge in [0.2, 0.25) is 0 Å². The molecule has 0 aliphatic rings. The van der Waals surface area contributed by atoms with Crippen LogP contribution in [0.4, 0.5) is 4.39 Å². The third-order valence-electron chi connectivity index (χ3n) is 1.70. The van der Waals surface area contributed by atoms with Crippen LogP contribution in [0, 0.1) is 29.0 Å². The van der Waals surface area contributed by atoms with Gasteiger partial charge in [-0.15, -0.1) is 0 Å². The Balaban J connectivity index is 2.85. The molecule has 0 saturated carbocycles. The molecule has 0 N–H and O–H groups in total. The van der Waals surface area contributed by atoms with E-state index in [9.17, 15) is 9.18 Å². The maximum Gasteiger partial charge on any atom is 0.186 e. The van der Waals surface area contributed by atoms with E-state index in [0.717, 1.165) is 11.8 Å². The highest BCUT2D eigenvalue weighted by Crippen LogP contribution is 2.11. The topological polar surface area (TPSA) is 40.9 Å². The first-order chi connectivity index (χ1) is 7.65. The summed E-state index contributed by atoms with van der Waals surface area (Å²) in [4.78, 5) is 10.6. The van der Waals surface area contributed by atoms with E-state index in [0.29, 0.717) is 11.3 Å². The summed E-state index contributed by atoms with van der Waals surface area (Å²) in [6, 6.07) is 6.05. The van der Waals surface area contributed by atoms with Crippen molar-refractivity contribution >= 4 is 16.9 Å². The number of thioether (sulfide) groups is 1. The molecular weight excluding hydrogens is 225 g/mol. The molecule has 0 fully saturated rings. The summed E-state index contributed by atoms with van der Waals surface area (Å²) in [6.07, 6.45) is 0. The van der Waals surface area contributed by atoms with Crippen molar-refractivity contribution in [1.82, 2.24) is 0 Å². The molecule has 0 aromatic heterocycles. The summed E-state index contributed by atoms with van der Waals surface area (Å²) in [7, 11) is 0. The van der Waals surface area contributed by atoms with Gasteiger partial charge in [-0.05, 0) is 12.1 Å². The zero-order chi connectivity index (χ0) is 12.0. The summed E-state index contributed by atoms with van der Waals surface area (Å²) in [5.74, 6) is 5.15. The fourth-order valence-corrected chi connectivity index (χ4v) is 1.36. The smallest absolute Gasteiger partial charge is 0.186 e. The Morgan fingerprint density at radius 2 is 2.31 bits per heavy atom. The molecule has 0 radical (unpaired) electrons. The van der Waals surface area contributed by atoms with Crippen LogP contribution in [0.1, 0.15) is 18.1 Å². The van der Waals surface area contributed by atoms with Crippen LogP contribution in [0.2, 0.25) is 0 Å². The Hall–Kier alpha value is -1.78. The number of nitriles is 1. The van der Waals surface area contributed by atoms with E-state index in [1.807, 2.05) is 0 Å². The van der Waals surface area contributed by atoms with E-state index < -0.39 is 5.82 Å². The Labute approximate surface area is 97.5 Å². The molecule has 1 aromatic rings. The van der Waals surface area contributed by atoms with Gasteiger partial charge in [0.15, 0.2) is 5.12 Å². The van der Waals surface area contributed by atoms with E-state index in [1.165, 1.54) is 19.1 Å². The normalized spacial score (nSPS) is 8.81. The van der Waals surface area contributed by atoms with Crippen LogP contribution in [-0.4, -0.2) is 10.9 Å². The van der Waals surface area contributed by atoms with Crippen molar-refractivity contribution in [3.63, 3.8) is 0 Å². The van der Waals surface area contributed by atoms with Crippen molar-refractivity contribution in [3.05, 3.63) is 35.1 Å². The maximum absolute atomic E-state index is 13.1. The van der Waals surface area contributed by atoms with Gasteiger partial charge in [-0.25, -0.2) is 4.39 Å². The van der Waals surface area contributed by atoms with Crippen LogP contribution >= 0.6 is 11.8 Å². The average Bonchev–Trinajstić information content (AvgIpc) is 2.24. The van der Waals surface area contributed by atoms with Crippen LogP contribution in [0.3, 0.4) is 0 Å². The fourth-order valence-electron chi connectivity index (χ4n) is 1.01. The molecule has 0 aliphatic carbocycles. The minimum Gasteiger partial charge on any atom is -0.288 e. The molecule has 4 heteroatoms. The zero-order valence-electron chi connectivity index (χ0n) is 8.58. The van der Waals surface area contributed by atoms with Gasteiger partial charge in [0.05, 0.1) is 5.75 Å². The third kappa shape index (κ3) is 3.42. The fraction of sp³-hybridized carbons (Fsp3) is 0.167. The SMILES string of the molecule is CC(=O)SCC#Cc1cccc(F)c1C#N. The van der Waals surface area contributed by atoms with Crippen molar-refractivity contribution in [3.8, 4) is 17.9 Å². The molecule has 1 rings (SSSR count). The first-order valence-electron chi connectivity index (χ1n) is 4.46. The van der Waals surface area contributed by atoms with Gasteiger partial charge in [0.25, 0.3) is 0 Å². The van der Waals surface area contributed by atoms with Gasteiger partial charge in [-0.1, -0.05) is 29.7 Å². The summed E-state index contributed by atoms with van der Waals surface area (Å²) in [6.45, 7) is 1.45. The highest BCUT2D eigenvalue weighted by Gasteiger charge is 2.04. The standard InChI is InChI=1S/C12H8FNOS/c1-9(15)16-7-3-5-10-4-2-6-12(13)11(10)8-14/h2,4,6H,7H2,1H3. The number of rotatable bonds is 1. The number of nitrogens with zero attached hydrogens (tertiary/aromatic N) is 1. The Bertz CT molecular complexity index is 508. The number of benzene rings is 1. The molecule has 0 spiro atoms. The second kappa shape index (κ2) is 5.95. The Kier molecular flexibility index (Phi) is 4.57. The maximum atomic E-state index is 13.1. The van der Waals surface area contributed by atoms with E-state index in [1.54, 1.807) is 12.1 Å². The van der Waals surface area contributed by atoms with E-state index >= 15 is 0 Å². The lowest BCUT2D eigenvalue weighted by Crippen LogP contribution is -1.89. The summed E-state index contributed by atoms with van der Waals surface area (Å²) in [5.41, 5.74) is 0.300. The lowest BCUT2D eigenvalue weighted by atomic mass is 10.1. The molecular formula is C12H8FNOS. The average molecular weight is 233 g/mol. The van der Waals surface area contributed by atoms with Gasteiger partial charge in [0, 0.05) is 12.5 Å². The first-order valence-corrected chi connectivity index (χ1v) is 5.44. The first kappa shape index (κ1) is 12.3. The van der Waals surface area contributed by atoms with Gasteiger partial charge < -0.3 is 0 Å². The molecule has 16 heavy (non-hydrogen) atoms. The Morgan fingerprint density at radius 3 is 2.94 bits per heavy atom. The van der Waals surface area contributed by atoms with Crippen LogP contribution in [0.5, 0.6) is 0 Å². The Morgan fingerprint density at radius 1 is 1.56 bits per heavy atom. The molecule has 0 saturated heterocycles. The molecule has 0 aliphatic heterocycles. The number of halogens is 1. The number of hydrogen-bond donors (Lipinski definition) is 0. The predicted octanol–water partition coefficient (Wildman–Crippen LogP) is 2.33. The molecule has 0 heterocycles. The largest absolute Gasteiger partial charge is 0.288 e. The highest BCUT2D eigenvalue weighted by atomic mass is 32.2. The van der Waals surface area contributed by atoms with Gasteiger partial charge in [-0.3, -0.25) is 4.79 Å². The minimum absolute atomic E-state index is 0.0194. The number of carbonyl (C=O) groups excluding carboxylic acids is 1. The molecule has 80 valence electrons. The monoisotopic (exact) mass is 233 g/mol. The van der Waals surface area contributed by atoms with Crippen molar-refractivity contribution in [2.45, 2.75) is 6.92 Å². The minimum atomic E-state index is -0.575. The van der Waals surface area contributed by atoms with Gasteiger partial charge >= 0.3 is 0 Å². The number of carbonyl (C=O) groups is 1. The molecule has 0 bridgehead atoms. The summed E-state index contributed by atoms with van der Waals surface area (Å²) < 4.78 is 13.1.